The monoisotopic (exact) mass is 357 g/mol. The van der Waals surface area contributed by atoms with Gasteiger partial charge in [-0.15, -0.1) is 0 Å². The third-order valence-corrected chi connectivity index (χ3v) is 4.35. The maximum Gasteiger partial charge on any atom is 0.255 e. The van der Waals surface area contributed by atoms with Crippen LogP contribution >= 0.6 is 0 Å². The number of aryl methyl sites for hydroxylation is 2. The minimum atomic E-state index is -0.117. The molecular weight excluding hydrogens is 334 g/mol. The summed E-state index contributed by atoms with van der Waals surface area (Å²) in [6.07, 6.45) is 5.56. The number of nitrogens with one attached hydrogen (secondary N) is 2. The van der Waals surface area contributed by atoms with Gasteiger partial charge in [-0.1, -0.05) is 23.8 Å². The second kappa shape index (κ2) is 8.32. The molecule has 0 radical (unpaired) electrons. The Labute approximate surface area is 160 Å². The molecule has 0 saturated carbocycles. The molecule has 1 aromatic heterocycles. The summed E-state index contributed by atoms with van der Waals surface area (Å²) in [7, 11) is 0. The van der Waals surface area contributed by atoms with Crippen molar-refractivity contribution in [1.29, 1.82) is 0 Å². The molecule has 0 atom stereocenters. The van der Waals surface area contributed by atoms with Gasteiger partial charge in [0.15, 0.2) is 0 Å². The second-order valence-corrected chi connectivity index (χ2v) is 6.41. The Balaban J connectivity index is 1.75. The van der Waals surface area contributed by atoms with Crippen LogP contribution in [-0.4, -0.2) is 10.9 Å². The Kier molecular flexibility index (Phi) is 5.67. The molecular formula is C23H23N3O. The number of rotatable bonds is 5. The van der Waals surface area contributed by atoms with Gasteiger partial charge in [-0.05, 0) is 68.8 Å². The highest BCUT2D eigenvalue weighted by Crippen LogP contribution is 2.23. The minimum absolute atomic E-state index is 0.117. The molecule has 4 heteroatoms. The first-order valence-electron chi connectivity index (χ1n) is 8.89. The number of benzene rings is 2. The lowest BCUT2D eigenvalue weighted by molar-refractivity contribution is 0.102. The van der Waals surface area contributed by atoms with Crippen LogP contribution in [0, 0.1) is 13.8 Å². The number of hydrogen-bond acceptors (Lipinski definition) is 3. The normalized spacial score (nSPS) is 11.1. The maximum atomic E-state index is 12.5. The van der Waals surface area contributed by atoms with Crippen LogP contribution in [0.2, 0.25) is 0 Å². The van der Waals surface area contributed by atoms with Crippen molar-refractivity contribution in [2.24, 2.45) is 0 Å². The van der Waals surface area contributed by atoms with Crippen LogP contribution in [0.15, 0.2) is 73.1 Å². The number of nitrogens with zero attached hydrogens (tertiary/aromatic N) is 1. The van der Waals surface area contributed by atoms with Crippen molar-refractivity contribution in [3.05, 3.63) is 95.3 Å². The highest BCUT2D eigenvalue weighted by atomic mass is 16.1. The highest BCUT2D eigenvalue weighted by molar-refractivity contribution is 6.04. The van der Waals surface area contributed by atoms with E-state index in [1.807, 2.05) is 81.4 Å². The summed E-state index contributed by atoms with van der Waals surface area (Å²) in [6, 6.07) is 17.3. The first-order chi connectivity index (χ1) is 13.1. The molecule has 0 saturated heterocycles. The van der Waals surface area contributed by atoms with E-state index in [2.05, 4.69) is 15.6 Å². The predicted molar refractivity (Wildman–Crippen MR) is 112 cm³/mol. The van der Waals surface area contributed by atoms with E-state index in [1.165, 1.54) is 0 Å². The molecule has 2 N–H and O–H groups in total. The Morgan fingerprint density at radius 2 is 1.59 bits per heavy atom. The Morgan fingerprint density at radius 1 is 0.889 bits per heavy atom. The molecule has 0 aliphatic heterocycles. The van der Waals surface area contributed by atoms with E-state index >= 15 is 0 Å². The van der Waals surface area contributed by atoms with Gasteiger partial charge in [0.1, 0.15) is 0 Å². The quantitative estimate of drug-likeness (QED) is 0.641. The Hall–Kier alpha value is -3.40. The van der Waals surface area contributed by atoms with Gasteiger partial charge < -0.3 is 10.6 Å². The summed E-state index contributed by atoms with van der Waals surface area (Å²) in [5, 5.41) is 6.37. The highest BCUT2D eigenvalue weighted by Gasteiger charge is 2.09. The van der Waals surface area contributed by atoms with Crippen molar-refractivity contribution in [3.63, 3.8) is 0 Å². The number of pyridine rings is 1. The van der Waals surface area contributed by atoms with E-state index < -0.39 is 0 Å². The fourth-order valence-corrected chi connectivity index (χ4v) is 2.77. The van der Waals surface area contributed by atoms with Crippen molar-refractivity contribution in [1.82, 2.24) is 4.98 Å². The smallest absolute Gasteiger partial charge is 0.255 e. The number of anilines is 2. The largest absolute Gasteiger partial charge is 0.355 e. The molecule has 3 aromatic rings. The van der Waals surface area contributed by atoms with Crippen LogP contribution in [0.5, 0.6) is 0 Å². The average Bonchev–Trinajstić information content (AvgIpc) is 2.69. The van der Waals surface area contributed by atoms with Gasteiger partial charge in [0, 0.05) is 40.6 Å². The number of hydrogen-bond donors (Lipinski definition) is 2. The predicted octanol–water partition coefficient (Wildman–Crippen LogP) is 5.42. The van der Waals surface area contributed by atoms with Crippen molar-refractivity contribution in [3.8, 4) is 0 Å². The van der Waals surface area contributed by atoms with E-state index in [0.717, 1.165) is 33.8 Å². The lowest BCUT2D eigenvalue weighted by atomic mass is 10.1. The van der Waals surface area contributed by atoms with Gasteiger partial charge >= 0.3 is 0 Å². The van der Waals surface area contributed by atoms with E-state index in [1.54, 1.807) is 12.4 Å². The molecule has 136 valence electrons. The van der Waals surface area contributed by atoms with E-state index in [0.29, 0.717) is 5.56 Å². The summed E-state index contributed by atoms with van der Waals surface area (Å²) in [6.45, 7) is 6.00. The molecule has 3 rings (SSSR count). The van der Waals surface area contributed by atoms with Gasteiger partial charge in [-0.2, -0.15) is 0 Å². The summed E-state index contributed by atoms with van der Waals surface area (Å²) in [5.74, 6) is -0.117. The number of amides is 1. The van der Waals surface area contributed by atoms with Crippen molar-refractivity contribution < 1.29 is 4.79 Å². The van der Waals surface area contributed by atoms with Gasteiger partial charge in [0.25, 0.3) is 5.91 Å². The fourth-order valence-electron chi connectivity index (χ4n) is 2.77. The third-order valence-electron chi connectivity index (χ3n) is 4.35. The van der Waals surface area contributed by atoms with Gasteiger partial charge in [-0.25, -0.2) is 0 Å². The topological polar surface area (TPSA) is 54.0 Å². The molecule has 2 aromatic carbocycles. The molecule has 27 heavy (non-hydrogen) atoms. The maximum absolute atomic E-state index is 12.5. The second-order valence-electron chi connectivity index (χ2n) is 6.41. The molecule has 1 amide bonds. The molecule has 0 bridgehead atoms. The van der Waals surface area contributed by atoms with Crippen LogP contribution in [-0.2, 0) is 0 Å². The minimum Gasteiger partial charge on any atom is -0.355 e. The number of allylic oxidation sites excluding steroid dienone is 1. The average molecular weight is 357 g/mol. The molecule has 0 aliphatic rings. The van der Waals surface area contributed by atoms with E-state index in [9.17, 15) is 4.79 Å². The Bertz CT molecular complexity index is 961. The SMILES string of the molecule is C/C=C(\Nc1ccc(C(=O)Nc2ccc(C)cc2)cc1C)c1ccncc1. The van der Waals surface area contributed by atoms with Gasteiger partial charge in [-0.3, -0.25) is 9.78 Å². The van der Waals surface area contributed by atoms with Crippen molar-refractivity contribution >= 4 is 23.0 Å². The molecule has 0 aliphatic carbocycles. The zero-order chi connectivity index (χ0) is 19.2. The summed E-state index contributed by atoms with van der Waals surface area (Å²) in [4.78, 5) is 16.6. The van der Waals surface area contributed by atoms with Crippen LogP contribution in [0.3, 0.4) is 0 Å². The first kappa shape index (κ1) is 18.4. The van der Waals surface area contributed by atoms with Gasteiger partial charge in [0.05, 0.1) is 0 Å². The molecule has 0 spiro atoms. The zero-order valence-corrected chi connectivity index (χ0v) is 15.8. The number of aromatic nitrogens is 1. The molecule has 0 unspecified atom stereocenters. The van der Waals surface area contributed by atoms with Crippen molar-refractivity contribution in [2.75, 3.05) is 10.6 Å². The zero-order valence-electron chi connectivity index (χ0n) is 15.8. The van der Waals surface area contributed by atoms with Crippen LogP contribution < -0.4 is 10.6 Å². The van der Waals surface area contributed by atoms with E-state index in [-0.39, 0.29) is 5.91 Å². The molecule has 1 heterocycles. The standard InChI is InChI=1S/C23H23N3O/c1-4-21(18-11-13-24-14-12-18)26-22-10-7-19(15-17(22)3)23(27)25-20-8-5-16(2)6-9-20/h4-15,26H,1-3H3,(H,25,27)/b21-4-. The summed E-state index contributed by atoms with van der Waals surface area (Å²) < 4.78 is 0. The third kappa shape index (κ3) is 4.61. The van der Waals surface area contributed by atoms with Crippen LogP contribution in [0.1, 0.15) is 34.0 Å². The van der Waals surface area contributed by atoms with Crippen LogP contribution in [0.25, 0.3) is 5.70 Å². The Morgan fingerprint density at radius 3 is 2.22 bits per heavy atom. The van der Waals surface area contributed by atoms with Gasteiger partial charge in [0.2, 0.25) is 0 Å². The summed E-state index contributed by atoms with van der Waals surface area (Å²) in [5.41, 5.74) is 6.61. The van der Waals surface area contributed by atoms with Crippen LogP contribution in [0.4, 0.5) is 11.4 Å². The number of carbonyl (C=O) groups excluding carboxylic acids is 1. The molecule has 0 fully saturated rings. The van der Waals surface area contributed by atoms with E-state index in [4.69, 9.17) is 0 Å². The number of carbonyl (C=O) groups is 1. The summed E-state index contributed by atoms with van der Waals surface area (Å²) >= 11 is 0. The first-order valence-corrected chi connectivity index (χ1v) is 8.89. The lowest BCUT2D eigenvalue weighted by Crippen LogP contribution is -2.12. The lowest BCUT2D eigenvalue weighted by Gasteiger charge is -2.14. The fraction of sp³-hybridized carbons (Fsp3) is 0.130. The molecule has 4 nitrogen and oxygen atoms in total. The van der Waals surface area contributed by atoms with Crippen molar-refractivity contribution in [2.45, 2.75) is 20.8 Å².